The SMILES string of the molecule is CS(C)=O.[Sn]. The van der Waals surface area contributed by atoms with Crippen molar-refractivity contribution in [1.29, 1.82) is 0 Å². The molecule has 0 rings (SSSR count). The largest absolute Gasteiger partial charge is 0.260 e. The van der Waals surface area contributed by atoms with Crippen LogP contribution in [-0.2, 0) is 10.8 Å². The van der Waals surface area contributed by atoms with Crippen LogP contribution in [0.2, 0.25) is 0 Å². The van der Waals surface area contributed by atoms with Crippen molar-refractivity contribution in [3.8, 4) is 0 Å². The first-order valence-corrected chi connectivity index (χ1v) is 2.95. The van der Waals surface area contributed by atoms with Crippen molar-refractivity contribution in [2.45, 2.75) is 0 Å². The molecule has 30 valence electrons. The Morgan fingerprint density at radius 2 is 1.40 bits per heavy atom. The van der Waals surface area contributed by atoms with Crippen LogP contribution in [-0.4, -0.2) is 40.6 Å². The fourth-order valence-electron chi connectivity index (χ4n) is 0. The van der Waals surface area contributed by atoms with Crippen LogP contribution in [0.1, 0.15) is 0 Å². The smallest absolute Gasteiger partial charge is 0.0148 e. The van der Waals surface area contributed by atoms with Crippen LogP contribution in [0.15, 0.2) is 0 Å². The van der Waals surface area contributed by atoms with Crippen LogP contribution >= 0.6 is 0 Å². The quantitative estimate of drug-likeness (QED) is 0.483. The Kier molecular flexibility index (Phi) is 9.25. The molecule has 0 atom stereocenters. The average molecular weight is 197 g/mol. The van der Waals surface area contributed by atoms with Gasteiger partial charge in [0.1, 0.15) is 0 Å². The standard InChI is InChI=1S/C2H6OS.Sn/c1-4(2)3;/h1-2H3;. The minimum Gasteiger partial charge on any atom is -0.260 e. The van der Waals surface area contributed by atoms with Crippen LogP contribution in [0.5, 0.6) is 0 Å². The fraction of sp³-hybridized carbons (Fsp3) is 1.00. The van der Waals surface area contributed by atoms with E-state index in [1.807, 2.05) is 0 Å². The molecule has 5 heavy (non-hydrogen) atoms. The topological polar surface area (TPSA) is 17.1 Å². The molecule has 0 heterocycles. The van der Waals surface area contributed by atoms with Crippen molar-refractivity contribution in [1.82, 2.24) is 0 Å². The Hall–Kier alpha value is 0.949. The van der Waals surface area contributed by atoms with Gasteiger partial charge < -0.3 is 0 Å². The second kappa shape index (κ2) is 4.95. The molecule has 3 heteroatoms. The molecule has 0 aromatic rings. The maximum absolute atomic E-state index is 9.56. The van der Waals surface area contributed by atoms with E-state index >= 15 is 0 Å². The van der Waals surface area contributed by atoms with Crippen LogP contribution in [0.3, 0.4) is 0 Å². The summed E-state index contributed by atoms with van der Waals surface area (Å²) in [7, 11) is -0.611. The van der Waals surface area contributed by atoms with E-state index in [9.17, 15) is 4.21 Å². The molecular formula is C2H6OSSn. The zero-order valence-electron chi connectivity index (χ0n) is 3.32. The summed E-state index contributed by atoms with van der Waals surface area (Å²) in [6.07, 6.45) is 3.28. The van der Waals surface area contributed by atoms with Gasteiger partial charge in [-0.05, 0) is 0 Å². The predicted octanol–water partition coefficient (Wildman–Crippen LogP) is -0.386. The van der Waals surface area contributed by atoms with Gasteiger partial charge in [-0.1, -0.05) is 0 Å². The minimum atomic E-state index is -0.611. The van der Waals surface area contributed by atoms with Crippen molar-refractivity contribution in [2.24, 2.45) is 0 Å². The van der Waals surface area contributed by atoms with Crippen molar-refractivity contribution in [3.05, 3.63) is 0 Å². The second-order valence-corrected chi connectivity index (χ2v) is 2.22. The summed E-state index contributed by atoms with van der Waals surface area (Å²) in [6, 6.07) is 0. The summed E-state index contributed by atoms with van der Waals surface area (Å²) in [4.78, 5) is 0. The Labute approximate surface area is 51.6 Å². The Balaban J connectivity index is 0. The zero-order valence-corrected chi connectivity index (χ0v) is 6.99. The summed E-state index contributed by atoms with van der Waals surface area (Å²) >= 11 is 0. The van der Waals surface area contributed by atoms with Crippen molar-refractivity contribution >= 4 is 34.7 Å². The summed E-state index contributed by atoms with van der Waals surface area (Å²) in [6.45, 7) is 0. The van der Waals surface area contributed by atoms with Crippen molar-refractivity contribution in [3.63, 3.8) is 0 Å². The molecule has 0 aromatic heterocycles. The molecule has 0 saturated carbocycles. The third kappa shape index (κ3) is 47.8. The molecule has 0 amide bonds. The third-order valence-corrected chi connectivity index (χ3v) is 0. The van der Waals surface area contributed by atoms with E-state index in [-0.39, 0.29) is 23.9 Å². The van der Waals surface area contributed by atoms with Gasteiger partial charge in [-0.15, -0.1) is 0 Å². The molecule has 0 spiro atoms. The van der Waals surface area contributed by atoms with E-state index < -0.39 is 10.8 Å². The average Bonchev–Trinajstić information content (AvgIpc) is 0.811. The van der Waals surface area contributed by atoms with Gasteiger partial charge in [0, 0.05) is 47.2 Å². The molecule has 1 nitrogen and oxygen atoms in total. The van der Waals surface area contributed by atoms with Gasteiger partial charge in [0.25, 0.3) is 0 Å². The molecular weight excluding hydrogens is 191 g/mol. The van der Waals surface area contributed by atoms with Crippen LogP contribution in [0.25, 0.3) is 0 Å². The van der Waals surface area contributed by atoms with Gasteiger partial charge in [-0.2, -0.15) is 0 Å². The number of hydrogen-bond donors (Lipinski definition) is 0. The summed E-state index contributed by atoms with van der Waals surface area (Å²) < 4.78 is 9.56. The van der Waals surface area contributed by atoms with Crippen LogP contribution < -0.4 is 0 Å². The first-order chi connectivity index (χ1) is 1.73. The van der Waals surface area contributed by atoms with Crippen LogP contribution in [0.4, 0.5) is 0 Å². The molecule has 0 bridgehead atoms. The van der Waals surface area contributed by atoms with Gasteiger partial charge >= 0.3 is 0 Å². The molecule has 0 aliphatic carbocycles. The van der Waals surface area contributed by atoms with Gasteiger partial charge in [-0.25, -0.2) is 0 Å². The second-order valence-electron chi connectivity index (χ2n) is 0.742. The normalized spacial score (nSPS) is 7.00. The summed E-state index contributed by atoms with van der Waals surface area (Å²) in [5.74, 6) is 0. The van der Waals surface area contributed by atoms with Crippen molar-refractivity contribution in [2.75, 3.05) is 12.5 Å². The Morgan fingerprint density at radius 3 is 1.40 bits per heavy atom. The van der Waals surface area contributed by atoms with E-state index in [0.717, 1.165) is 0 Å². The molecule has 0 aliphatic heterocycles. The van der Waals surface area contributed by atoms with E-state index in [1.54, 1.807) is 12.5 Å². The number of hydrogen-bond acceptors (Lipinski definition) is 1. The third-order valence-electron chi connectivity index (χ3n) is 0. The predicted molar refractivity (Wildman–Crippen MR) is 25.7 cm³/mol. The molecule has 0 N–H and O–H groups in total. The van der Waals surface area contributed by atoms with Gasteiger partial charge in [0.2, 0.25) is 0 Å². The van der Waals surface area contributed by atoms with Crippen molar-refractivity contribution < 1.29 is 4.21 Å². The summed E-state index contributed by atoms with van der Waals surface area (Å²) in [5.41, 5.74) is 0. The fourth-order valence-corrected chi connectivity index (χ4v) is 0. The van der Waals surface area contributed by atoms with E-state index in [0.29, 0.717) is 0 Å². The van der Waals surface area contributed by atoms with Crippen LogP contribution in [0, 0.1) is 0 Å². The maximum atomic E-state index is 9.56. The van der Waals surface area contributed by atoms with E-state index in [4.69, 9.17) is 0 Å². The maximum Gasteiger partial charge on any atom is 0.0148 e. The Bertz CT molecular complexity index is 32.6. The minimum absolute atomic E-state index is 0. The molecule has 0 fully saturated rings. The van der Waals surface area contributed by atoms with E-state index in [2.05, 4.69) is 0 Å². The van der Waals surface area contributed by atoms with Gasteiger partial charge in [0.15, 0.2) is 0 Å². The van der Waals surface area contributed by atoms with Gasteiger partial charge in [0.05, 0.1) is 0 Å². The van der Waals surface area contributed by atoms with E-state index in [1.165, 1.54) is 0 Å². The molecule has 0 aliphatic rings. The molecule has 4 radical (unpaired) electrons. The molecule has 0 unspecified atom stereocenters. The zero-order chi connectivity index (χ0) is 3.58. The molecule has 0 saturated heterocycles. The first-order valence-electron chi connectivity index (χ1n) is 0.983. The Morgan fingerprint density at radius 1 is 1.40 bits per heavy atom. The van der Waals surface area contributed by atoms with Gasteiger partial charge in [-0.3, -0.25) is 4.21 Å². The monoisotopic (exact) mass is 198 g/mol. The first kappa shape index (κ1) is 9.34. The summed E-state index contributed by atoms with van der Waals surface area (Å²) in [5, 5.41) is 0. The number of rotatable bonds is 0. The molecule has 0 aromatic carbocycles.